The molecular formula is C25H21NO7S. The highest BCUT2D eigenvalue weighted by Crippen LogP contribution is 2.28. The Bertz CT molecular complexity index is 1200. The monoisotopic (exact) mass is 479 g/mol. The van der Waals surface area contributed by atoms with Crippen LogP contribution >= 0.6 is 11.3 Å². The van der Waals surface area contributed by atoms with Gasteiger partial charge < -0.3 is 19.1 Å². The number of nitrogens with zero attached hydrogens (tertiary/aromatic N) is 1. The molecule has 1 amide bonds. The summed E-state index contributed by atoms with van der Waals surface area (Å²) in [6.07, 6.45) is 0.00847. The lowest BCUT2D eigenvalue weighted by molar-refractivity contribution is -0.147. The van der Waals surface area contributed by atoms with Crippen LogP contribution in [0.4, 0.5) is 5.69 Å². The summed E-state index contributed by atoms with van der Waals surface area (Å²) in [5.41, 5.74) is 0.944. The van der Waals surface area contributed by atoms with Crippen LogP contribution in [0.25, 0.3) is 0 Å². The Morgan fingerprint density at radius 2 is 1.82 bits per heavy atom. The molecule has 9 heteroatoms. The van der Waals surface area contributed by atoms with Gasteiger partial charge in [0.15, 0.2) is 12.4 Å². The number of anilines is 1. The van der Waals surface area contributed by atoms with Gasteiger partial charge in [-0.05, 0) is 47.8 Å². The molecule has 1 fully saturated rings. The van der Waals surface area contributed by atoms with Crippen molar-refractivity contribution in [3.63, 3.8) is 0 Å². The molecule has 0 unspecified atom stereocenters. The van der Waals surface area contributed by atoms with E-state index in [1.807, 2.05) is 0 Å². The largest absolute Gasteiger partial charge is 0.497 e. The number of rotatable bonds is 8. The first-order chi connectivity index (χ1) is 16.4. The molecule has 0 spiro atoms. The van der Waals surface area contributed by atoms with Gasteiger partial charge in [-0.15, -0.1) is 11.3 Å². The molecule has 3 aromatic rings. The van der Waals surface area contributed by atoms with Gasteiger partial charge in [0.2, 0.25) is 5.91 Å². The molecule has 2 aromatic carbocycles. The standard InChI is InChI=1S/C25H21NO7S/c1-31-20-5-2-4-18(13-20)26-14-17(12-23(26)28)24(29)32-15-21(27)16-7-9-19(10-8-16)33-25(30)22-6-3-11-34-22/h2-11,13,17H,12,14-15H2,1H3/t17-/m0/s1. The Morgan fingerprint density at radius 3 is 2.53 bits per heavy atom. The Morgan fingerprint density at radius 1 is 1.03 bits per heavy atom. The van der Waals surface area contributed by atoms with E-state index in [1.54, 1.807) is 41.8 Å². The van der Waals surface area contributed by atoms with Crippen LogP contribution in [0.1, 0.15) is 26.5 Å². The van der Waals surface area contributed by atoms with E-state index in [-0.39, 0.29) is 18.9 Å². The smallest absolute Gasteiger partial charge is 0.353 e. The summed E-state index contributed by atoms with van der Waals surface area (Å²) in [4.78, 5) is 51.3. The van der Waals surface area contributed by atoms with Crippen molar-refractivity contribution in [3.8, 4) is 11.5 Å². The van der Waals surface area contributed by atoms with Crippen LogP contribution in [0.2, 0.25) is 0 Å². The number of esters is 2. The highest BCUT2D eigenvalue weighted by molar-refractivity contribution is 7.12. The SMILES string of the molecule is COc1cccc(N2C[C@@H](C(=O)OCC(=O)c3ccc(OC(=O)c4cccs4)cc3)CC2=O)c1. The molecule has 174 valence electrons. The molecule has 0 N–H and O–H groups in total. The van der Waals surface area contributed by atoms with Gasteiger partial charge in [-0.1, -0.05) is 12.1 Å². The van der Waals surface area contributed by atoms with E-state index < -0.39 is 30.2 Å². The number of amides is 1. The summed E-state index contributed by atoms with van der Waals surface area (Å²) in [7, 11) is 1.54. The minimum atomic E-state index is -0.662. The Labute approximate surface area is 199 Å². The van der Waals surface area contributed by atoms with Gasteiger partial charge in [0.05, 0.1) is 13.0 Å². The third-order valence-electron chi connectivity index (χ3n) is 5.28. The lowest BCUT2D eigenvalue weighted by Crippen LogP contribution is -2.27. The molecule has 1 aliphatic heterocycles. The van der Waals surface area contributed by atoms with Gasteiger partial charge in [-0.2, -0.15) is 0 Å². The van der Waals surface area contributed by atoms with E-state index >= 15 is 0 Å². The lowest BCUT2D eigenvalue weighted by atomic mass is 10.1. The zero-order valence-electron chi connectivity index (χ0n) is 18.3. The number of hydrogen-bond donors (Lipinski definition) is 0. The first-order valence-electron chi connectivity index (χ1n) is 10.4. The van der Waals surface area contributed by atoms with Crippen LogP contribution in [0, 0.1) is 5.92 Å². The molecule has 1 aromatic heterocycles. The van der Waals surface area contributed by atoms with E-state index in [0.717, 1.165) is 0 Å². The minimum Gasteiger partial charge on any atom is -0.497 e. The van der Waals surface area contributed by atoms with Gasteiger partial charge in [0.25, 0.3) is 0 Å². The summed E-state index contributed by atoms with van der Waals surface area (Å²) >= 11 is 1.27. The maximum Gasteiger partial charge on any atom is 0.353 e. The second-order valence-corrected chi connectivity index (χ2v) is 8.48. The summed E-state index contributed by atoms with van der Waals surface area (Å²) in [6.45, 7) is -0.277. The third-order valence-corrected chi connectivity index (χ3v) is 6.13. The maximum atomic E-state index is 12.5. The lowest BCUT2D eigenvalue weighted by Gasteiger charge is -2.17. The average Bonchev–Trinajstić information content (AvgIpc) is 3.53. The molecule has 2 heterocycles. The predicted molar refractivity (Wildman–Crippen MR) is 124 cm³/mol. The van der Waals surface area contributed by atoms with E-state index in [9.17, 15) is 19.2 Å². The molecule has 1 atom stereocenters. The maximum absolute atomic E-state index is 12.5. The molecule has 4 rings (SSSR count). The molecule has 0 saturated carbocycles. The van der Waals surface area contributed by atoms with Gasteiger partial charge in [-0.25, -0.2) is 4.79 Å². The van der Waals surface area contributed by atoms with Gasteiger partial charge >= 0.3 is 11.9 Å². The van der Waals surface area contributed by atoms with Crippen molar-refractivity contribution >= 4 is 40.7 Å². The predicted octanol–water partition coefficient (Wildman–Crippen LogP) is 3.75. The number of ether oxygens (including phenoxy) is 3. The van der Waals surface area contributed by atoms with Crippen molar-refractivity contribution in [2.24, 2.45) is 5.92 Å². The first kappa shape index (κ1) is 23.2. The summed E-state index contributed by atoms with van der Waals surface area (Å²) < 4.78 is 15.6. The number of Topliss-reactive ketones (excluding diaryl/α,β-unsaturated/α-hetero) is 1. The van der Waals surface area contributed by atoms with Crippen LogP contribution in [0.15, 0.2) is 66.0 Å². The summed E-state index contributed by atoms with van der Waals surface area (Å²) in [5, 5.41) is 1.78. The highest BCUT2D eigenvalue weighted by atomic mass is 32.1. The second kappa shape index (κ2) is 10.3. The van der Waals surface area contributed by atoms with Crippen LogP contribution in [-0.4, -0.2) is 43.9 Å². The first-order valence-corrected chi connectivity index (χ1v) is 11.3. The van der Waals surface area contributed by atoms with E-state index in [0.29, 0.717) is 27.6 Å². The van der Waals surface area contributed by atoms with Crippen LogP contribution in [0.5, 0.6) is 11.5 Å². The number of hydrogen-bond acceptors (Lipinski definition) is 8. The fourth-order valence-electron chi connectivity index (χ4n) is 3.49. The van der Waals surface area contributed by atoms with Gasteiger partial charge in [0, 0.05) is 30.3 Å². The van der Waals surface area contributed by atoms with Crippen LogP contribution < -0.4 is 14.4 Å². The molecule has 0 bridgehead atoms. The van der Waals surface area contributed by atoms with Gasteiger partial charge in [-0.3, -0.25) is 14.4 Å². The Kier molecular flexibility index (Phi) is 7.03. The summed E-state index contributed by atoms with van der Waals surface area (Å²) in [6, 6.07) is 16.4. The Balaban J connectivity index is 1.29. The minimum absolute atomic E-state index is 0.00847. The quantitative estimate of drug-likeness (QED) is 0.276. The second-order valence-electron chi connectivity index (χ2n) is 7.53. The third kappa shape index (κ3) is 5.32. The molecule has 0 aliphatic carbocycles. The van der Waals surface area contributed by atoms with Crippen molar-refractivity contribution in [2.75, 3.05) is 25.2 Å². The molecule has 0 radical (unpaired) electrons. The number of thiophene rings is 1. The highest BCUT2D eigenvalue weighted by Gasteiger charge is 2.36. The number of ketones is 1. The molecule has 34 heavy (non-hydrogen) atoms. The van der Waals surface area contributed by atoms with Crippen molar-refractivity contribution in [3.05, 3.63) is 76.5 Å². The van der Waals surface area contributed by atoms with E-state index in [2.05, 4.69) is 0 Å². The summed E-state index contributed by atoms with van der Waals surface area (Å²) in [5.74, 6) is -1.44. The number of benzene rings is 2. The normalized spacial score (nSPS) is 15.1. The van der Waals surface area contributed by atoms with Crippen molar-refractivity contribution < 1.29 is 33.4 Å². The van der Waals surface area contributed by atoms with Crippen LogP contribution in [-0.2, 0) is 14.3 Å². The zero-order valence-corrected chi connectivity index (χ0v) is 19.1. The zero-order chi connectivity index (χ0) is 24.1. The topological polar surface area (TPSA) is 99.2 Å². The molecule has 1 aliphatic rings. The van der Waals surface area contributed by atoms with Crippen LogP contribution in [0.3, 0.4) is 0 Å². The Hall–Kier alpha value is -3.98. The van der Waals surface area contributed by atoms with Gasteiger partial charge in [0.1, 0.15) is 16.4 Å². The van der Waals surface area contributed by atoms with E-state index in [1.165, 1.54) is 47.6 Å². The number of methoxy groups -OCH3 is 1. The fraction of sp³-hybridized carbons (Fsp3) is 0.200. The molecule has 8 nitrogen and oxygen atoms in total. The van der Waals surface area contributed by atoms with Crippen molar-refractivity contribution in [1.29, 1.82) is 0 Å². The number of carbonyl (C=O) groups excluding carboxylic acids is 4. The van der Waals surface area contributed by atoms with E-state index in [4.69, 9.17) is 14.2 Å². The van der Waals surface area contributed by atoms with Crippen molar-refractivity contribution in [1.82, 2.24) is 0 Å². The fourth-order valence-corrected chi connectivity index (χ4v) is 4.09. The molecular weight excluding hydrogens is 458 g/mol. The van der Waals surface area contributed by atoms with Crippen molar-refractivity contribution in [2.45, 2.75) is 6.42 Å². The average molecular weight is 480 g/mol. The molecule has 1 saturated heterocycles. The number of carbonyl (C=O) groups is 4.